The summed E-state index contributed by atoms with van der Waals surface area (Å²) in [6, 6.07) is 4.25. The summed E-state index contributed by atoms with van der Waals surface area (Å²) in [5.41, 5.74) is -0.746. The Balaban J connectivity index is 2.09. The zero-order valence-electron chi connectivity index (χ0n) is 12.8. The van der Waals surface area contributed by atoms with Crippen molar-refractivity contribution in [2.45, 2.75) is 25.0 Å². The molecule has 1 aliphatic rings. The predicted molar refractivity (Wildman–Crippen MR) is 87.2 cm³/mol. The van der Waals surface area contributed by atoms with Gasteiger partial charge >= 0.3 is 0 Å². The van der Waals surface area contributed by atoms with Gasteiger partial charge in [-0.1, -0.05) is 11.6 Å². The van der Waals surface area contributed by atoms with Gasteiger partial charge in [-0.15, -0.1) is 0 Å². The lowest BCUT2D eigenvalue weighted by atomic mass is 9.96. The summed E-state index contributed by atoms with van der Waals surface area (Å²) in [5, 5.41) is 13.2. The van der Waals surface area contributed by atoms with Crippen LogP contribution in [0.5, 0.6) is 0 Å². The van der Waals surface area contributed by atoms with Crippen molar-refractivity contribution in [1.82, 2.24) is 5.32 Å². The SMILES string of the molecule is C[C@@H]1OCC[C@]1(O)CNC(=O)c1ccc(Cl)c(NS(C)(=O)=O)c1. The average molecular weight is 363 g/mol. The van der Waals surface area contributed by atoms with Crippen LogP contribution in [0, 0.1) is 0 Å². The number of aliphatic hydroxyl groups is 1. The fourth-order valence-electron chi connectivity index (χ4n) is 2.28. The maximum atomic E-state index is 12.2. The molecule has 128 valence electrons. The van der Waals surface area contributed by atoms with Crippen molar-refractivity contribution in [3.05, 3.63) is 28.8 Å². The van der Waals surface area contributed by atoms with E-state index in [4.69, 9.17) is 16.3 Å². The highest BCUT2D eigenvalue weighted by molar-refractivity contribution is 7.92. The summed E-state index contributed by atoms with van der Waals surface area (Å²) in [6.45, 7) is 2.23. The predicted octanol–water partition coefficient (Wildman–Crippen LogP) is 0.981. The lowest BCUT2D eigenvalue weighted by molar-refractivity contribution is -0.0251. The van der Waals surface area contributed by atoms with Crippen LogP contribution in [0.2, 0.25) is 5.02 Å². The molecule has 0 saturated carbocycles. The number of hydrogen-bond acceptors (Lipinski definition) is 5. The zero-order chi connectivity index (χ0) is 17.3. The van der Waals surface area contributed by atoms with Crippen LogP contribution in [0.4, 0.5) is 5.69 Å². The van der Waals surface area contributed by atoms with Gasteiger partial charge in [-0.2, -0.15) is 0 Å². The first-order valence-electron chi connectivity index (χ1n) is 7.00. The highest BCUT2D eigenvalue weighted by Crippen LogP contribution is 2.26. The lowest BCUT2D eigenvalue weighted by Crippen LogP contribution is -2.47. The summed E-state index contributed by atoms with van der Waals surface area (Å²) >= 11 is 5.91. The van der Waals surface area contributed by atoms with E-state index in [1.165, 1.54) is 18.2 Å². The number of nitrogens with one attached hydrogen (secondary N) is 2. The van der Waals surface area contributed by atoms with Crippen LogP contribution in [-0.2, 0) is 14.8 Å². The maximum absolute atomic E-state index is 12.2. The van der Waals surface area contributed by atoms with Crippen molar-refractivity contribution in [2.75, 3.05) is 24.1 Å². The quantitative estimate of drug-likeness (QED) is 0.724. The number of benzene rings is 1. The molecule has 0 spiro atoms. The molecule has 1 aromatic rings. The first-order valence-corrected chi connectivity index (χ1v) is 9.27. The molecule has 1 aliphatic heterocycles. The van der Waals surface area contributed by atoms with Crippen molar-refractivity contribution in [3.8, 4) is 0 Å². The number of carbonyl (C=O) groups excluding carboxylic acids is 1. The second kappa shape index (κ2) is 6.64. The van der Waals surface area contributed by atoms with Crippen LogP contribution in [-0.4, -0.2) is 50.5 Å². The van der Waals surface area contributed by atoms with Crippen molar-refractivity contribution in [1.29, 1.82) is 0 Å². The van der Waals surface area contributed by atoms with Gasteiger partial charge in [0.05, 0.1) is 23.1 Å². The third-order valence-electron chi connectivity index (χ3n) is 3.74. The number of sulfonamides is 1. The van der Waals surface area contributed by atoms with Crippen LogP contribution in [0.3, 0.4) is 0 Å². The molecule has 1 saturated heterocycles. The smallest absolute Gasteiger partial charge is 0.251 e. The molecule has 2 atom stereocenters. The normalized spacial score (nSPS) is 24.4. The van der Waals surface area contributed by atoms with E-state index in [1.54, 1.807) is 6.92 Å². The van der Waals surface area contributed by atoms with Gasteiger partial charge in [0.1, 0.15) is 5.60 Å². The van der Waals surface area contributed by atoms with E-state index in [2.05, 4.69) is 10.0 Å². The van der Waals surface area contributed by atoms with E-state index in [9.17, 15) is 18.3 Å². The van der Waals surface area contributed by atoms with Gasteiger partial charge in [0.15, 0.2) is 0 Å². The molecular weight excluding hydrogens is 344 g/mol. The van der Waals surface area contributed by atoms with Crippen LogP contribution in [0.1, 0.15) is 23.7 Å². The van der Waals surface area contributed by atoms with Gasteiger partial charge in [-0.05, 0) is 25.1 Å². The van der Waals surface area contributed by atoms with E-state index in [-0.39, 0.29) is 28.9 Å². The number of ether oxygens (including phenoxy) is 1. The van der Waals surface area contributed by atoms with Crippen LogP contribution >= 0.6 is 11.6 Å². The minimum Gasteiger partial charge on any atom is -0.385 e. The molecule has 7 nitrogen and oxygen atoms in total. The molecule has 9 heteroatoms. The molecule has 1 aromatic carbocycles. The third kappa shape index (κ3) is 4.57. The summed E-state index contributed by atoms with van der Waals surface area (Å²) in [4.78, 5) is 12.2. The Morgan fingerprint density at radius 1 is 1.52 bits per heavy atom. The number of halogens is 1. The summed E-state index contributed by atoms with van der Waals surface area (Å²) in [7, 11) is -3.51. The second-order valence-electron chi connectivity index (χ2n) is 5.62. The zero-order valence-corrected chi connectivity index (χ0v) is 14.4. The van der Waals surface area contributed by atoms with Crippen LogP contribution < -0.4 is 10.0 Å². The first-order chi connectivity index (χ1) is 10.6. The molecule has 2 rings (SSSR count). The molecule has 1 amide bonds. The minimum absolute atomic E-state index is 0.0461. The number of carbonyl (C=O) groups is 1. The average Bonchev–Trinajstić information content (AvgIpc) is 2.77. The Hall–Kier alpha value is -1.35. The molecule has 23 heavy (non-hydrogen) atoms. The van der Waals surface area contributed by atoms with E-state index in [0.717, 1.165) is 6.26 Å². The molecule has 0 bridgehead atoms. The van der Waals surface area contributed by atoms with Gasteiger partial charge in [0.25, 0.3) is 5.91 Å². The molecule has 0 aliphatic carbocycles. The molecule has 0 radical (unpaired) electrons. The molecule has 3 N–H and O–H groups in total. The van der Waals surface area contributed by atoms with Crippen molar-refractivity contribution in [3.63, 3.8) is 0 Å². The number of amides is 1. The lowest BCUT2D eigenvalue weighted by Gasteiger charge is -2.26. The number of anilines is 1. The molecule has 0 aromatic heterocycles. The van der Waals surface area contributed by atoms with E-state index in [0.29, 0.717) is 13.0 Å². The van der Waals surface area contributed by atoms with Crippen LogP contribution in [0.15, 0.2) is 18.2 Å². The topological polar surface area (TPSA) is 105 Å². The van der Waals surface area contributed by atoms with E-state index >= 15 is 0 Å². The largest absolute Gasteiger partial charge is 0.385 e. The summed E-state index contributed by atoms with van der Waals surface area (Å²) in [6.07, 6.45) is 1.07. The number of rotatable bonds is 5. The fraction of sp³-hybridized carbons (Fsp3) is 0.500. The summed E-state index contributed by atoms with van der Waals surface area (Å²) < 4.78 is 30.1. The van der Waals surface area contributed by atoms with Gasteiger partial charge in [0, 0.05) is 25.1 Å². The number of hydrogen-bond donors (Lipinski definition) is 3. The van der Waals surface area contributed by atoms with Gasteiger partial charge in [-0.25, -0.2) is 8.42 Å². The van der Waals surface area contributed by atoms with Crippen LogP contribution in [0.25, 0.3) is 0 Å². The van der Waals surface area contributed by atoms with E-state index < -0.39 is 21.5 Å². The third-order valence-corrected chi connectivity index (χ3v) is 4.66. The highest BCUT2D eigenvalue weighted by atomic mass is 35.5. The highest BCUT2D eigenvalue weighted by Gasteiger charge is 2.39. The van der Waals surface area contributed by atoms with E-state index in [1.807, 2.05) is 0 Å². The van der Waals surface area contributed by atoms with Crippen molar-refractivity contribution in [2.24, 2.45) is 0 Å². The molecule has 1 heterocycles. The molecule has 0 unspecified atom stereocenters. The Morgan fingerprint density at radius 2 is 2.22 bits per heavy atom. The first kappa shape index (κ1) is 18.0. The molecular formula is C14H19ClN2O5S. The van der Waals surface area contributed by atoms with Crippen molar-refractivity contribution < 1.29 is 23.1 Å². The summed E-state index contributed by atoms with van der Waals surface area (Å²) in [5.74, 6) is -0.439. The monoisotopic (exact) mass is 362 g/mol. The van der Waals surface area contributed by atoms with Gasteiger partial charge in [-0.3, -0.25) is 9.52 Å². The fourth-order valence-corrected chi connectivity index (χ4v) is 3.07. The van der Waals surface area contributed by atoms with Gasteiger partial charge in [0.2, 0.25) is 10.0 Å². The Kier molecular flexibility index (Phi) is 5.20. The Labute approximate surface area is 140 Å². The minimum atomic E-state index is -3.51. The molecule has 1 fully saturated rings. The van der Waals surface area contributed by atoms with Gasteiger partial charge < -0.3 is 15.2 Å². The maximum Gasteiger partial charge on any atom is 0.251 e. The second-order valence-corrected chi connectivity index (χ2v) is 7.77. The Bertz CT molecular complexity index is 709. The standard InChI is InChI=1S/C14H19ClN2O5S/c1-9-14(19,5-6-22-9)8-16-13(18)10-3-4-11(15)12(7-10)17-23(2,20)21/h3-4,7,9,17,19H,5-6,8H2,1-2H3,(H,16,18)/t9-,14-/m0/s1. The van der Waals surface area contributed by atoms with Crippen molar-refractivity contribution >= 4 is 33.2 Å². The Morgan fingerprint density at radius 3 is 2.78 bits per heavy atom.